The van der Waals surface area contributed by atoms with Gasteiger partial charge in [-0.25, -0.2) is 0 Å². The molecule has 2 heterocycles. The van der Waals surface area contributed by atoms with E-state index in [1.165, 1.54) is 18.4 Å². The topological polar surface area (TPSA) is 34.0 Å². The van der Waals surface area contributed by atoms with Gasteiger partial charge in [-0.1, -0.05) is 42.0 Å². The van der Waals surface area contributed by atoms with Gasteiger partial charge in [-0.05, 0) is 56.0 Å². The molecule has 120 valence electrons. The van der Waals surface area contributed by atoms with Crippen molar-refractivity contribution in [1.29, 1.82) is 0 Å². The van der Waals surface area contributed by atoms with Crippen molar-refractivity contribution in [3.05, 3.63) is 69.6 Å². The Balaban J connectivity index is 1.68. The Bertz CT molecular complexity index is 722. The first kappa shape index (κ1) is 15.8. The number of nitrogens with one attached hydrogen (secondary N) is 1. The molecule has 1 atom stereocenters. The smallest absolute Gasteiger partial charge is 0.251 e. The minimum Gasteiger partial charge on any atom is -0.316 e. The number of rotatable bonds is 4. The fourth-order valence-corrected chi connectivity index (χ4v) is 3.01. The van der Waals surface area contributed by atoms with Crippen LogP contribution in [0.15, 0.2) is 47.4 Å². The Morgan fingerprint density at radius 3 is 2.65 bits per heavy atom. The van der Waals surface area contributed by atoms with Crippen LogP contribution in [0.3, 0.4) is 0 Å². The molecule has 1 aromatic heterocycles. The van der Waals surface area contributed by atoms with Gasteiger partial charge >= 0.3 is 0 Å². The predicted octanol–water partition coefficient (Wildman–Crippen LogP) is 3.33. The second-order valence-corrected chi connectivity index (χ2v) is 6.41. The van der Waals surface area contributed by atoms with Crippen LogP contribution in [-0.2, 0) is 6.54 Å². The summed E-state index contributed by atoms with van der Waals surface area (Å²) in [6, 6.07) is 12.1. The van der Waals surface area contributed by atoms with E-state index in [1.807, 2.05) is 29.0 Å². The van der Waals surface area contributed by atoms with E-state index >= 15 is 0 Å². The van der Waals surface area contributed by atoms with Crippen molar-refractivity contribution in [3.63, 3.8) is 0 Å². The van der Waals surface area contributed by atoms with Gasteiger partial charge < -0.3 is 9.88 Å². The molecule has 0 bridgehead atoms. The summed E-state index contributed by atoms with van der Waals surface area (Å²) in [6.07, 6.45) is 8.37. The minimum absolute atomic E-state index is 0.0848. The third-order valence-corrected chi connectivity index (χ3v) is 4.42. The lowest BCUT2D eigenvalue weighted by Crippen LogP contribution is -2.34. The highest BCUT2D eigenvalue weighted by atomic mass is 16.1. The summed E-state index contributed by atoms with van der Waals surface area (Å²) in [4.78, 5) is 12.3. The number of nitrogens with zero attached hydrogens (tertiary/aromatic N) is 1. The van der Waals surface area contributed by atoms with Crippen molar-refractivity contribution in [1.82, 2.24) is 9.88 Å². The van der Waals surface area contributed by atoms with Crippen molar-refractivity contribution in [2.45, 2.75) is 26.3 Å². The van der Waals surface area contributed by atoms with Gasteiger partial charge in [0.25, 0.3) is 5.56 Å². The molecule has 0 saturated carbocycles. The van der Waals surface area contributed by atoms with Gasteiger partial charge in [0, 0.05) is 18.8 Å². The molecular formula is C20H24N2O. The summed E-state index contributed by atoms with van der Waals surface area (Å²) >= 11 is 0. The first-order valence-corrected chi connectivity index (χ1v) is 8.37. The molecule has 1 N–H and O–H groups in total. The summed E-state index contributed by atoms with van der Waals surface area (Å²) < 4.78 is 1.83. The molecule has 3 rings (SSSR count). The SMILES string of the molecule is Cc1ccc(/C=C/c2ccn(CC3CCCNC3)c(=O)c2)cc1. The molecule has 1 aliphatic rings. The van der Waals surface area contributed by atoms with Crippen molar-refractivity contribution in [2.24, 2.45) is 5.92 Å². The standard InChI is InChI=1S/C20H24N2O/c1-16-4-6-17(7-5-16)8-9-18-10-12-22(20(23)13-18)15-19-3-2-11-21-14-19/h4-10,12-13,19,21H,2-3,11,14-15H2,1H3/b9-8+. The van der Waals surface area contributed by atoms with Crippen molar-refractivity contribution >= 4 is 12.2 Å². The monoisotopic (exact) mass is 308 g/mol. The van der Waals surface area contributed by atoms with E-state index in [-0.39, 0.29) is 5.56 Å². The van der Waals surface area contributed by atoms with E-state index in [9.17, 15) is 4.79 Å². The Labute approximate surface area is 137 Å². The van der Waals surface area contributed by atoms with Crippen LogP contribution < -0.4 is 10.9 Å². The molecule has 1 fully saturated rings. The molecule has 0 spiro atoms. The molecule has 1 unspecified atom stereocenters. The van der Waals surface area contributed by atoms with Gasteiger partial charge in [0.1, 0.15) is 0 Å². The van der Waals surface area contributed by atoms with Crippen LogP contribution in [0.1, 0.15) is 29.5 Å². The number of pyridine rings is 1. The van der Waals surface area contributed by atoms with Crippen LogP contribution in [-0.4, -0.2) is 17.7 Å². The van der Waals surface area contributed by atoms with Gasteiger partial charge in [0.15, 0.2) is 0 Å². The zero-order valence-electron chi connectivity index (χ0n) is 13.7. The third-order valence-electron chi connectivity index (χ3n) is 4.42. The van der Waals surface area contributed by atoms with Gasteiger partial charge in [0.05, 0.1) is 0 Å². The Morgan fingerprint density at radius 2 is 1.96 bits per heavy atom. The lowest BCUT2D eigenvalue weighted by Gasteiger charge is -2.23. The van der Waals surface area contributed by atoms with Gasteiger partial charge in [-0.3, -0.25) is 4.79 Å². The zero-order valence-corrected chi connectivity index (χ0v) is 13.7. The number of hydrogen-bond acceptors (Lipinski definition) is 2. The Morgan fingerprint density at radius 1 is 1.17 bits per heavy atom. The van der Waals surface area contributed by atoms with E-state index in [0.29, 0.717) is 5.92 Å². The maximum Gasteiger partial charge on any atom is 0.251 e. The average Bonchev–Trinajstić information content (AvgIpc) is 2.57. The number of piperidine rings is 1. The quantitative estimate of drug-likeness (QED) is 0.940. The first-order valence-electron chi connectivity index (χ1n) is 8.37. The normalized spacial score (nSPS) is 18.4. The molecule has 1 saturated heterocycles. The van der Waals surface area contributed by atoms with Crippen LogP contribution >= 0.6 is 0 Å². The number of hydrogen-bond donors (Lipinski definition) is 1. The van der Waals surface area contributed by atoms with Crippen molar-refractivity contribution in [2.75, 3.05) is 13.1 Å². The zero-order chi connectivity index (χ0) is 16.1. The Hall–Kier alpha value is -2.13. The maximum absolute atomic E-state index is 12.3. The molecule has 1 aliphatic heterocycles. The minimum atomic E-state index is 0.0848. The highest BCUT2D eigenvalue weighted by Crippen LogP contribution is 2.12. The van der Waals surface area contributed by atoms with E-state index in [1.54, 1.807) is 6.07 Å². The largest absolute Gasteiger partial charge is 0.316 e. The molecule has 0 amide bonds. The molecule has 2 aromatic rings. The molecule has 3 heteroatoms. The summed E-state index contributed by atoms with van der Waals surface area (Å²) in [5.74, 6) is 0.565. The van der Waals surface area contributed by atoms with Crippen LogP contribution in [0, 0.1) is 12.8 Å². The highest BCUT2D eigenvalue weighted by molar-refractivity contribution is 5.69. The second-order valence-electron chi connectivity index (χ2n) is 6.41. The van der Waals surface area contributed by atoms with Crippen LogP contribution in [0.2, 0.25) is 0 Å². The fraction of sp³-hybridized carbons (Fsp3) is 0.350. The van der Waals surface area contributed by atoms with Crippen LogP contribution in [0.4, 0.5) is 0 Å². The molecule has 23 heavy (non-hydrogen) atoms. The van der Waals surface area contributed by atoms with E-state index in [4.69, 9.17) is 0 Å². The average molecular weight is 308 g/mol. The van der Waals surface area contributed by atoms with Gasteiger partial charge in [-0.2, -0.15) is 0 Å². The van der Waals surface area contributed by atoms with E-state index < -0.39 is 0 Å². The lowest BCUT2D eigenvalue weighted by molar-refractivity contribution is 0.334. The lowest BCUT2D eigenvalue weighted by atomic mass is 9.99. The molecule has 1 aromatic carbocycles. The summed E-state index contributed by atoms with van der Waals surface area (Å²) in [7, 11) is 0. The first-order chi connectivity index (χ1) is 11.2. The summed E-state index contributed by atoms with van der Waals surface area (Å²) in [5, 5.41) is 3.40. The number of aryl methyl sites for hydroxylation is 1. The molecular weight excluding hydrogens is 284 g/mol. The highest BCUT2D eigenvalue weighted by Gasteiger charge is 2.13. The van der Waals surface area contributed by atoms with E-state index in [2.05, 4.69) is 36.5 Å². The molecule has 3 nitrogen and oxygen atoms in total. The Kier molecular flexibility index (Phi) is 5.09. The number of aromatic nitrogens is 1. The van der Waals surface area contributed by atoms with Crippen molar-refractivity contribution < 1.29 is 0 Å². The summed E-state index contributed by atoms with van der Waals surface area (Å²) in [5.41, 5.74) is 3.44. The predicted molar refractivity (Wildman–Crippen MR) is 96.4 cm³/mol. The summed E-state index contributed by atoms with van der Waals surface area (Å²) in [6.45, 7) is 5.01. The van der Waals surface area contributed by atoms with E-state index in [0.717, 1.165) is 30.8 Å². The maximum atomic E-state index is 12.3. The molecule has 0 radical (unpaired) electrons. The van der Waals surface area contributed by atoms with Crippen LogP contribution in [0.5, 0.6) is 0 Å². The van der Waals surface area contributed by atoms with Gasteiger partial charge in [-0.15, -0.1) is 0 Å². The van der Waals surface area contributed by atoms with Gasteiger partial charge in [0.2, 0.25) is 0 Å². The van der Waals surface area contributed by atoms with Crippen LogP contribution in [0.25, 0.3) is 12.2 Å². The fourth-order valence-electron chi connectivity index (χ4n) is 3.01. The third kappa shape index (κ3) is 4.42. The molecule has 0 aliphatic carbocycles. The van der Waals surface area contributed by atoms with Crippen molar-refractivity contribution in [3.8, 4) is 0 Å². The second kappa shape index (κ2) is 7.42. The number of benzene rings is 1.